The molecule has 0 atom stereocenters. The lowest BCUT2D eigenvalue weighted by Gasteiger charge is -2.44. The monoisotopic (exact) mass is 1070 g/mol. The van der Waals surface area contributed by atoms with E-state index in [1.165, 1.54) is 39.2 Å². The molecule has 0 bridgehead atoms. The molecular formula is C43H22BF20IO. The van der Waals surface area contributed by atoms with Gasteiger partial charge in [-0.2, -0.15) is 0 Å². The van der Waals surface area contributed by atoms with Crippen molar-refractivity contribution in [1.29, 1.82) is 0 Å². The van der Waals surface area contributed by atoms with Gasteiger partial charge in [0.2, 0.25) is 0 Å². The molecule has 0 heterocycles. The number of hydrogen-bond donors (Lipinski definition) is 0. The van der Waals surface area contributed by atoms with E-state index >= 15 is 35.1 Å². The summed E-state index contributed by atoms with van der Waals surface area (Å²) < 4.78 is 302. The molecule has 23 heteroatoms. The molecule has 6 aromatic carbocycles. The van der Waals surface area contributed by atoms with E-state index in [-0.39, 0.29) is 21.2 Å². The molecule has 1 saturated carbocycles. The molecule has 350 valence electrons. The van der Waals surface area contributed by atoms with Crippen molar-refractivity contribution in [2.75, 3.05) is 7.11 Å². The van der Waals surface area contributed by atoms with Crippen LogP contribution >= 0.6 is 0 Å². The third kappa shape index (κ3) is 8.32. The zero-order valence-corrected chi connectivity index (χ0v) is 34.8. The van der Waals surface area contributed by atoms with Gasteiger partial charge in [0.25, 0.3) is 0 Å². The van der Waals surface area contributed by atoms with Crippen molar-refractivity contribution in [2.24, 2.45) is 0 Å². The Hall–Kier alpha value is -5.49. The summed E-state index contributed by atoms with van der Waals surface area (Å²) in [6.07, 6.45) is -0.209. The van der Waals surface area contributed by atoms with Gasteiger partial charge < -0.3 is 4.74 Å². The third-order valence-electron chi connectivity index (χ3n) is 10.9. The van der Waals surface area contributed by atoms with Crippen LogP contribution in [0.15, 0.2) is 48.5 Å². The molecule has 0 spiro atoms. The van der Waals surface area contributed by atoms with Crippen LogP contribution in [0.4, 0.5) is 87.8 Å². The van der Waals surface area contributed by atoms with Gasteiger partial charge in [-0.15, -0.1) is 21.9 Å². The summed E-state index contributed by atoms with van der Waals surface area (Å²) in [6.45, 7) is 0. The van der Waals surface area contributed by atoms with E-state index in [0.717, 1.165) is 11.7 Å². The molecule has 1 aliphatic rings. The Labute approximate surface area is 369 Å². The van der Waals surface area contributed by atoms with Crippen LogP contribution in [0.1, 0.15) is 43.6 Å². The smallest absolute Gasteiger partial charge is 0.357 e. The van der Waals surface area contributed by atoms with Crippen molar-refractivity contribution in [3.8, 4) is 5.75 Å². The summed E-state index contributed by atoms with van der Waals surface area (Å²) in [5, 5.41) is 0. The van der Waals surface area contributed by atoms with Crippen LogP contribution < -0.4 is 47.8 Å². The summed E-state index contributed by atoms with van der Waals surface area (Å²) in [5.41, 5.74) is -12.8. The Bertz CT molecular complexity index is 2470. The standard InChI is InChI=1S/C24BF20.C19H22IO/c26-5-1(6(27)14(35)21(42)13(5)34)25(2-7(28)15(36)22(43)16(37)8(2)29,3-9(30)17(38)23(44)18(39)10(3)31)4-11(32)19(40)24(45)20(41)12(4)33;1-21-19-13-11-18(12-14-19)20-17-9-7-16(8-10-17)15-5-3-2-4-6-15/h;7-15H,2-6H2,1H3/q-1;+1. The number of rotatable bonds is 8. The van der Waals surface area contributed by atoms with E-state index in [4.69, 9.17) is 4.74 Å². The lowest BCUT2D eigenvalue weighted by molar-refractivity contribution is -0.597. The van der Waals surface area contributed by atoms with Crippen LogP contribution in [0.2, 0.25) is 0 Å². The first-order valence-electron chi connectivity index (χ1n) is 18.7. The average Bonchev–Trinajstić information content (AvgIpc) is 3.32. The zero-order valence-electron chi connectivity index (χ0n) is 32.7. The molecule has 1 nitrogen and oxygen atoms in total. The van der Waals surface area contributed by atoms with Crippen LogP contribution in [0.25, 0.3) is 0 Å². The van der Waals surface area contributed by atoms with E-state index in [2.05, 4.69) is 48.5 Å². The molecule has 1 fully saturated rings. The van der Waals surface area contributed by atoms with E-state index in [1.807, 2.05) is 0 Å². The summed E-state index contributed by atoms with van der Waals surface area (Å²) >= 11 is -0.0763. The number of halogens is 21. The fraction of sp³-hybridized carbons (Fsp3) is 0.163. The lowest BCUT2D eigenvalue weighted by Crippen LogP contribution is -3.61. The minimum atomic E-state index is -7.22. The zero-order chi connectivity index (χ0) is 48.8. The molecular weight excluding hydrogens is 1050 g/mol. The first-order chi connectivity index (χ1) is 31.0. The fourth-order valence-electron chi connectivity index (χ4n) is 7.87. The summed E-state index contributed by atoms with van der Waals surface area (Å²) in [6, 6.07) is 17.9. The molecule has 1 aliphatic carbocycles. The van der Waals surface area contributed by atoms with Crippen molar-refractivity contribution in [3.05, 3.63) is 178 Å². The lowest BCUT2D eigenvalue weighted by atomic mass is 9.12. The van der Waals surface area contributed by atoms with E-state index < -0.39 is 144 Å². The second kappa shape index (κ2) is 19.4. The van der Waals surface area contributed by atoms with Gasteiger partial charge in [-0.3, -0.25) is 0 Å². The first kappa shape index (κ1) is 49.9. The Morgan fingerprint density at radius 3 is 0.848 bits per heavy atom. The molecule has 0 aromatic heterocycles. The van der Waals surface area contributed by atoms with Gasteiger partial charge in [-0.05, 0) is 60.7 Å². The van der Waals surface area contributed by atoms with Crippen molar-refractivity contribution >= 4 is 28.0 Å². The summed E-state index contributed by atoms with van der Waals surface area (Å²) in [7, 11) is 1.72. The second-order valence-electron chi connectivity index (χ2n) is 14.4. The number of benzene rings is 6. The molecule has 66 heavy (non-hydrogen) atoms. The topological polar surface area (TPSA) is 9.23 Å². The minimum absolute atomic E-state index is 0.0763. The minimum Gasteiger partial charge on any atom is -0.497 e. The SMILES string of the molecule is COc1ccc([I+]c2ccc(C3CCCCC3)cc2)cc1.Fc1c(F)c(F)c([B-](c2c(F)c(F)c(F)c(F)c2F)(c2c(F)c(F)c(F)c(F)c2F)c2c(F)c(F)c(F)c(F)c2F)c(F)c1F. The molecule has 0 radical (unpaired) electrons. The second-order valence-corrected chi connectivity index (χ2v) is 17.5. The van der Waals surface area contributed by atoms with Gasteiger partial charge >= 0.3 is 21.2 Å². The Balaban J connectivity index is 0.000000284. The van der Waals surface area contributed by atoms with Crippen LogP contribution in [0, 0.1) is 123 Å². The van der Waals surface area contributed by atoms with Crippen molar-refractivity contribution in [3.63, 3.8) is 0 Å². The largest absolute Gasteiger partial charge is 0.497 e. The van der Waals surface area contributed by atoms with Crippen LogP contribution in [-0.4, -0.2) is 13.3 Å². The van der Waals surface area contributed by atoms with Gasteiger partial charge in [-0.1, -0.05) is 31.4 Å². The highest BCUT2D eigenvalue weighted by atomic mass is 127. The summed E-state index contributed by atoms with van der Waals surface area (Å²) in [5.74, 6) is -69.7. The maximum Gasteiger partial charge on any atom is 0.357 e. The number of hydrogen-bond acceptors (Lipinski definition) is 1. The summed E-state index contributed by atoms with van der Waals surface area (Å²) in [4.78, 5) is 0. The Morgan fingerprint density at radius 1 is 0.348 bits per heavy atom. The van der Waals surface area contributed by atoms with Gasteiger partial charge in [0.15, 0.2) is 76.9 Å². The predicted molar refractivity (Wildman–Crippen MR) is 192 cm³/mol. The maximum atomic E-state index is 15.4. The van der Waals surface area contributed by atoms with Crippen LogP contribution in [0.3, 0.4) is 0 Å². The van der Waals surface area contributed by atoms with Crippen LogP contribution in [-0.2, 0) is 0 Å². The molecule has 0 unspecified atom stereocenters. The van der Waals surface area contributed by atoms with Gasteiger partial charge in [0.05, 0.1) is 7.11 Å². The highest BCUT2D eigenvalue weighted by Gasteiger charge is 2.52. The first-order valence-corrected chi connectivity index (χ1v) is 20.8. The molecule has 7 rings (SSSR count). The highest BCUT2D eigenvalue weighted by Crippen LogP contribution is 2.33. The normalized spacial score (nSPS) is 13.2. The Kier molecular flexibility index (Phi) is 14.7. The average molecular weight is 1070 g/mol. The van der Waals surface area contributed by atoms with E-state index in [9.17, 15) is 52.7 Å². The van der Waals surface area contributed by atoms with Gasteiger partial charge in [-0.25, -0.2) is 87.8 Å². The van der Waals surface area contributed by atoms with Crippen molar-refractivity contribution in [1.82, 2.24) is 0 Å². The van der Waals surface area contributed by atoms with Gasteiger partial charge in [0, 0.05) is 0 Å². The molecule has 0 saturated heterocycles. The van der Waals surface area contributed by atoms with Gasteiger partial charge in [0.1, 0.15) is 58.4 Å². The van der Waals surface area contributed by atoms with E-state index in [1.54, 1.807) is 12.7 Å². The predicted octanol–water partition coefficient (Wildman–Crippen LogP) is 7.72. The molecule has 0 amide bonds. The molecule has 0 aliphatic heterocycles. The highest BCUT2D eigenvalue weighted by molar-refractivity contribution is 7.20. The quantitative estimate of drug-likeness (QED) is 0.0500. The maximum absolute atomic E-state index is 15.4. The van der Waals surface area contributed by atoms with Crippen molar-refractivity contribution in [2.45, 2.75) is 38.0 Å². The Morgan fingerprint density at radius 2 is 0.591 bits per heavy atom. The van der Waals surface area contributed by atoms with Crippen molar-refractivity contribution < 1.29 is 114 Å². The van der Waals surface area contributed by atoms with E-state index in [0.29, 0.717) is 0 Å². The van der Waals surface area contributed by atoms with Crippen LogP contribution in [0.5, 0.6) is 5.75 Å². The fourth-order valence-corrected chi connectivity index (χ4v) is 10.0. The third-order valence-corrected chi connectivity index (χ3v) is 13.6. The number of methoxy groups -OCH3 is 1. The molecule has 6 aromatic rings. The number of ether oxygens (including phenoxy) is 1. The molecule has 0 N–H and O–H groups in total.